The highest BCUT2D eigenvalue weighted by atomic mass is 16.2. The maximum Gasteiger partial charge on any atom is 0.224 e. The Kier molecular flexibility index (Phi) is 4.40. The van der Waals surface area contributed by atoms with Crippen LogP contribution in [0.5, 0.6) is 0 Å². The molecule has 0 heterocycles. The van der Waals surface area contributed by atoms with E-state index in [1.54, 1.807) is 0 Å². The van der Waals surface area contributed by atoms with Crippen LogP contribution < -0.4 is 5.32 Å². The molecule has 4 rings (SSSR count). The van der Waals surface area contributed by atoms with Gasteiger partial charge >= 0.3 is 0 Å². The minimum Gasteiger partial charge on any atom is -0.351 e. The van der Waals surface area contributed by atoms with E-state index < -0.39 is 0 Å². The van der Waals surface area contributed by atoms with Gasteiger partial charge in [0.15, 0.2) is 5.78 Å². The second-order valence-electron chi connectivity index (χ2n) is 11.4. The average Bonchev–Trinajstić information content (AvgIpc) is 2.91. The van der Waals surface area contributed by atoms with Gasteiger partial charge in [0.05, 0.1) is 0 Å². The summed E-state index contributed by atoms with van der Waals surface area (Å²) in [7, 11) is 0. The van der Waals surface area contributed by atoms with Gasteiger partial charge in [0, 0.05) is 17.9 Å². The molecule has 0 aromatic carbocycles. The predicted octanol–water partition coefficient (Wildman–Crippen LogP) is 4.91. The smallest absolute Gasteiger partial charge is 0.224 e. The first kappa shape index (κ1) is 19.2. The van der Waals surface area contributed by atoms with Crippen LogP contribution in [0.4, 0.5) is 0 Å². The number of hydrogen-bond acceptors (Lipinski definition) is 2. The number of fused-ring (bicyclic) bond motifs is 5. The maximum atomic E-state index is 13.0. The molecule has 3 saturated carbocycles. The molecule has 3 fully saturated rings. The molecule has 1 N–H and O–H groups in total. The Labute approximate surface area is 164 Å². The second-order valence-corrected chi connectivity index (χ2v) is 11.4. The Morgan fingerprint density at radius 2 is 1.81 bits per heavy atom. The van der Waals surface area contributed by atoms with Crippen molar-refractivity contribution in [2.45, 2.75) is 85.1 Å². The molecular weight excluding hydrogens is 334 g/mol. The molecule has 0 aromatic rings. The molecule has 0 spiro atoms. The van der Waals surface area contributed by atoms with Crippen LogP contribution in [0.1, 0.15) is 79.6 Å². The SMILES string of the molecule is CC(C)(C)NC(=O)C1CC[C@H]2[C@@H]3CCC4CC(=O)C=C[C@]4(C)[C@@H]3CC[C@]12C. The first-order valence-corrected chi connectivity index (χ1v) is 11.1. The number of allylic oxidation sites excluding steroid dienone is 2. The molecule has 4 aliphatic carbocycles. The van der Waals surface area contributed by atoms with Crippen molar-refractivity contribution in [3.8, 4) is 0 Å². The summed E-state index contributed by atoms with van der Waals surface area (Å²) in [6, 6.07) is 0. The highest BCUT2D eigenvalue weighted by molar-refractivity contribution is 5.91. The minimum atomic E-state index is -0.159. The van der Waals surface area contributed by atoms with Gasteiger partial charge in [-0.15, -0.1) is 0 Å². The molecule has 2 unspecified atom stereocenters. The van der Waals surface area contributed by atoms with Crippen molar-refractivity contribution in [2.75, 3.05) is 0 Å². The van der Waals surface area contributed by atoms with Crippen molar-refractivity contribution in [1.29, 1.82) is 0 Å². The minimum absolute atomic E-state index is 0.147. The molecular formula is C24H37NO2. The lowest BCUT2D eigenvalue weighted by Gasteiger charge is -2.58. The second kappa shape index (κ2) is 6.19. The van der Waals surface area contributed by atoms with Gasteiger partial charge < -0.3 is 5.32 Å². The molecule has 0 aromatic heterocycles. The standard InChI is InChI=1S/C24H37NO2/c1-22(2,3)25-21(27)20-9-8-18-17-7-6-15-14-16(26)10-12-23(15,4)19(17)11-13-24(18,20)5/h10,12,15,17-20H,6-9,11,13-14H2,1-5H3,(H,25,27)/t15?,17-,18-,19+,20?,23-,24-/m0/s1. The van der Waals surface area contributed by atoms with Crippen LogP contribution >= 0.6 is 0 Å². The van der Waals surface area contributed by atoms with E-state index in [9.17, 15) is 9.59 Å². The summed E-state index contributed by atoms with van der Waals surface area (Å²) in [5, 5.41) is 3.26. The Morgan fingerprint density at radius 3 is 2.52 bits per heavy atom. The average molecular weight is 372 g/mol. The summed E-state index contributed by atoms with van der Waals surface area (Å²) in [4.78, 5) is 25.0. The van der Waals surface area contributed by atoms with Gasteiger partial charge in [-0.3, -0.25) is 9.59 Å². The number of ketones is 1. The van der Waals surface area contributed by atoms with Gasteiger partial charge in [0.1, 0.15) is 0 Å². The van der Waals surface area contributed by atoms with Crippen LogP contribution in [0.3, 0.4) is 0 Å². The zero-order valence-corrected chi connectivity index (χ0v) is 17.8. The van der Waals surface area contributed by atoms with Crippen LogP contribution in [0.25, 0.3) is 0 Å². The van der Waals surface area contributed by atoms with E-state index in [0.717, 1.165) is 25.2 Å². The van der Waals surface area contributed by atoms with Gasteiger partial charge in [0.2, 0.25) is 5.91 Å². The van der Waals surface area contributed by atoms with Gasteiger partial charge in [0.25, 0.3) is 0 Å². The van der Waals surface area contributed by atoms with E-state index in [1.165, 1.54) is 25.7 Å². The van der Waals surface area contributed by atoms with E-state index in [2.05, 4.69) is 46.0 Å². The Balaban J connectivity index is 1.58. The number of nitrogens with one attached hydrogen (secondary N) is 1. The van der Waals surface area contributed by atoms with Gasteiger partial charge in [-0.25, -0.2) is 0 Å². The zero-order chi connectivity index (χ0) is 19.6. The molecule has 150 valence electrons. The van der Waals surface area contributed by atoms with Crippen LogP contribution in [0.15, 0.2) is 12.2 Å². The normalized spacial score (nSPS) is 46.4. The van der Waals surface area contributed by atoms with E-state index in [1.807, 2.05) is 6.08 Å². The van der Waals surface area contributed by atoms with Crippen molar-refractivity contribution in [3.05, 3.63) is 12.2 Å². The molecule has 0 radical (unpaired) electrons. The summed E-state index contributed by atoms with van der Waals surface area (Å²) in [5.74, 6) is 3.35. The quantitative estimate of drug-likeness (QED) is 0.712. The summed E-state index contributed by atoms with van der Waals surface area (Å²) >= 11 is 0. The summed E-state index contributed by atoms with van der Waals surface area (Å²) in [5.41, 5.74) is 0.172. The molecule has 3 nitrogen and oxygen atoms in total. The van der Waals surface area contributed by atoms with Crippen molar-refractivity contribution in [2.24, 2.45) is 40.4 Å². The highest BCUT2D eigenvalue weighted by Gasteiger charge is 2.60. The Morgan fingerprint density at radius 1 is 1.07 bits per heavy atom. The first-order valence-electron chi connectivity index (χ1n) is 11.1. The van der Waals surface area contributed by atoms with Crippen molar-refractivity contribution in [3.63, 3.8) is 0 Å². The van der Waals surface area contributed by atoms with Crippen LogP contribution in [0, 0.1) is 40.4 Å². The van der Waals surface area contributed by atoms with E-state index in [0.29, 0.717) is 23.5 Å². The summed E-state index contributed by atoms with van der Waals surface area (Å²) in [6.45, 7) is 11.1. The highest BCUT2D eigenvalue weighted by Crippen LogP contribution is 2.66. The largest absolute Gasteiger partial charge is 0.351 e. The fourth-order valence-corrected chi connectivity index (χ4v) is 7.52. The number of hydrogen-bond donors (Lipinski definition) is 1. The fraction of sp³-hybridized carbons (Fsp3) is 0.833. The molecule has 1 amide bonds. The molecule has 27 heavy (non-hydrogen) atoms. The third-order valence-electron chi connectivity index (χ3n) is 8.85. The Bertz CT molecular complexity index is 674. The number of carbonyl (C=O) groups excluding carboxylic acids is 2. The van der Waals surface area contributed by atoms with Gasteiger partial charge in [-0.2, -0.15) is 0 Å². The molecule has 3 heteroatoms. The molecule has 0 bridgehead atoms. The van der Waals surface area contributed by atoms with Crippen LogP contribution in [-0.4, -0.2) is 17.2 Å². The van der Waals surface area contributed by atoms with E-state index in [-0.39, 0.29) is 28.2 Å². The summed E-state index contributed by atoms with van der Waals surface area (Å²) < 4.78 is 0. The molecule has 4 aliphatic rings. The van der Waals surface area contributed by atoms with Crippen molar-refractivity contribution < 1.29 is 9.59 Å². The zero-order valence-electron chi connectivity index (χ0n) is 17.8. The van der Waals surface area contributed by atoms with Crippen molar-refractivity contribution >= 4 is 11.7 Å². The lowest BCUT2D eigenvalue weighted by molar-refractivity contribution is -0.136. The van der Waals surface area contributed by atoms with E-state index in [4.69, 9.17) is 0 Å². The maximum absolute atomic E-state index is 13.0. The van der Waals surface area contributed by atoms with Crippen LogP contribution in [-0.2, 0) is 9.59 Å². The predicted molar refractivity (Wildman–Crippen MR) is 108 cm³/mol. The topological polar surface area (TPSA) is 46.2 Å². The number of rotatable bonds is 1. The van der Waals surface area contributed by atoms with Gasteiger partial charge in [-0.05, 0) is 99.9 Å². The monoisotopic (exact) mass is 371 g/mol. The summed E-state index contributed by atoms with van der Waals surface area (Å²) in [6.07, 6.45) is 11.9. The lowest BCUT2D eigenvalue weighted by atomic mass is 9.46. The van der Waals surface area contributed by atoms with Gasteiger partial charge in [-0.1, -0.05) is 19.9 Å². The number of amides is 1. The molecule has 0 saturated heterocycles. The number of carbonyl (C=O) groups is 2. The molecule has 0 aliphatic heterocycles. The lowest BCUT2D eigenvalue weighted by Crippen LogP contribution is -2.54. The van der Waals surface area contributed by atoms with Crippen molar-refractivity contribution in [1.82, 2.24) is 5.32 Å². The third-order valence-corrected chi connectivity index (χ3v) is 8.85. The van der Waals surface area contributed by atoms with E-state index >= 15 is 0 Å². The van der Waals surface area contributed by atoms with Crippen LogP contribution in [0.2, 0.25) is 0 Å². The third kappa shape index (κ3) is 3.00. The first-order chi connectivity index (χ1) is 12.5. The Hall–Kier alpha value is -1.12. The molecule has 7 atom stereocenters. The fourth-order valence-electron chi connectivity index (χ4n) is 7.52.